The van der Waals surface area contributed by atoms with Crippen LogP contribution in [-0.4, -0.2) is 29.4 Å². The normalized spacial score (nSPS) is 10.5. The van der Waals surface area contributed by atoms with E-state index < -0.39 is 0 Å². The van der Waals surface area contributed by atoms with E-state index in [9.17, 15) is 4.79 Å². The summed E-state index contributed by atoms with van der Waals surface area (Å²) in [6, 6.07) is 7.27. The molecule has 0 atom stereocenters. The quantitative estimate of drug-likeness (QED) is 0.803. The molecule has 0 spiro atoms. The van der Waals surface area contributed by atoms with Crippen LogP contribution >= 0.6 is 27.3 Å². The van der Waals surface area contributed by atoms with E-state index in [1.54, 1.807) is 35.4 Å². The van der Waals surface area contributed by atoms with Gasteiger partial charge in [-0.3, -0.25) is 4.79 Å². The molecule has 0 fully saturated rings. The Kier molecular flexibility index (Phi) is 5.36. The highest BCUT2D eigenvalue weighted by Gasteiger charge is 2.11. The number of thiazole rings is 1. The molecule has 21 heavy (non-hydrogen) atoms. The maximum Gasteiger partial charge on any atom is 0.253 e. The van der Waals surface area contributed by atoms with Crippen LogP contribution in [0.4, 0.5) is 0 Å². The summed E-state index contributed by atoms with van der Waals surface area (Å²) in [6.07, 6.45) is 0. The van der Waals surface area contributed by atoms with Crippen LogP contribution in [0.1, 0.15) is 27.9 Å². The number of aromatic nitrogens is 1. The highest BCUT2D eigenvalue weighted by atomic mass is 79.9. The molecule has 0 saturated heterocycles. The Morgan fingerprint density at radius 1 is 1.48 bits per heavy atom. The number of rotatable bonds is 5. The number of amides is 1. The highest BCUT2D eigenvalue weighted by molar-refractivity contribution is 9.11. The van der Waals surface area contributed by atoms with Crippen molar-refractivity contribution in [2.75, 3.05) is 13.6 Å². The van der Waals surface area contributed by atoms with E-state index in [0.717, 1.165) is 14.5 Å². The first-order chi connectivity index (χ1) is 10.0. The van der Waals surface area contributed by atoms with Crippen LogP contribution in [0.25, 0.3) is 0 Å². The number of carbonyl (C=O) groups excluding carboxylic acids is 1. The fraction of sp³-hybridized carbons (Fsp3) is 0.333. The highest BCUT2D eigenvalue weighted by Crippen LogP contribution is 2.24. The summed E-state index contributed by atoms with van der Waals surface area (Å²) >= 11 is 4.92. The minimum absolute atomic E-state index is 0.000310. The van der Waals surface area contributed by atoms with Gasteiger partial charge in [-0.2, -0.15) is 0 Å². The Morgan fingerprint density at radius 2 is 2.24 bits per heavy atom. The van der Waals surface area contributed by atoms with E-state index in [1.807, 2.05) is 26.0 Å². The van der Waals surface area contributed by atoms with Gasteiger partial charge < -0.3 is 9.64 Å². The maximum atomic E-state index is 12.1. The number of ether oxygens (including phenoxy) is 1. The number of nitrogens with zero attached hydrogens (tertiary/aromatic N) is 2. The fourth-order valence-electron chi connectivity index (χ4n) is 1.76. The predicted octanol–water partition coefficient (Wildman–Crippen LogP) is 3.88. The molecule has 2 aromatic rings. The minimum atomic E-state index is -0.000310. The first-order valence-corrected chi connectivity index (χ1v) is 8.22. The minimum Gasteiger partial charge on any atom is -0.488 e. The lowest BCUT2D eigenvalue weighted by atomic mass is 10.2. The third kappa shape index (κ3) is 4.04. The van der Waals surface area contributed by atoms with Crippen molar-refractivity contribution in [1.82, 2.24) is 9.88 Å². The van der Waals surface area contributed by atoms with Crippen molar-refractivity contribution >= 4 is 33.2 Å². The van der Waals surface area contributed by atoms with Gasteiger partial charge in [0.05, 0.1) is 10.6 Å². The smallest absolute Gasteiger partial charge is 0.253 e. The van der Waals surface area contributed by atoms with Crippen LogP contribution < -0.4 is 4.74 Å². The first kappa shape index (κ1) is 16.0. The molecule has 0 N–H and O–H groups in total. The van der Waals surface area contributed by atoms with Gasteiger partial charge in [0.2, 0.25) is 0 Å². The van der Waals surface area contributed by atoms with Crippen LogP contribution in [0.3, 0.4) is 0 Å². The molecule has 1 aromatic carbocycles. The summed E-state index contributed by atoms with van der Waals surface area (Å²) in [5.41, 5.74) is 1.60. The SMILES string of the molecule is CCN(C)C(=O)c1cccc(OCc2sc(Br)nc2C)c1. The second-order valence-corrected chi connectivity index (χ2v) is 6.97. The average molecular weight is 369 g/mol. The largest absolute Gasteiger partial charge is 0.488 e. The van der Waals surface area contributed by atoms with Crippen molar-refractivity contribution in [2.45, 2.75) is 20.5 Å². The molecule has 6 heteroatoms. The summed E-state index contributed by atoms with van der Waals surface area (Å²) in [4.78, 5) is 19.2. The zero-order valence-corrected chi connectivity index (χ0v) is 14.6. The molecule has 2 rings (SSSR count). The lowest BCUT2D eigenvalue weighted by molar-refractivity contribution is 0.0802. The van der Waals surface area contributed by atoms with E-state index in [0.29, 0.717) is 24.5 Å². The molecule has 0 unspecified atom stereocenters. The molecule has 1 aromatic heterocycles. The molecule has 1 heterocycles. The van der Waals surface area contributed by atoms with Gasteiger partial charge in [-0.15, -0.1) is 11.3 Å². The van der Waals surface area contributed by atoms with E-state index >= 15 is 0 Å². The zero-order valence-electron chi connectivity index (χ0n) is 12.2. The monoisotopic (exact) mass is 368 g/mol. The summed E-state index contributed by atoms with van der Waals surface area (Å²) < 4.78 is 6.62. The molecule has 4 nitrogen and oxygen atoms in total. The van der Waals surface area contributed by atoms with Crippen molar-refractivity contribution < 1.29 is 9.53 Å². The van der Waals surface area contributed by atoms with Crippen molar-refractivity contribution in [1.29, 1.82) is 0 Å². The predicted molar refractivity (Wildman–Crippen MR) is 88.0 cm³/mol. The van der Waals surface area contributed by atoms with Crippen LogP contribution in [0, 0.1) is 6.92 Å². The van der Waals surface area contributed by atoms with Gasteiger partial charge in [0.25, 0.3) is 5.91 Å². The molecule has 0 aliphatic rings. The number of aryl methyl sites for hydroxylation is 1. The van der Waals surface area contributed by atoms with Gasteiger partial charge in [0, 0.05) is 19.2 Å². The van der Waals surface area contributed by atoms with E-state index in [-0.39, 0.29) is 5.91 Å². The number of benzene rings is 1. The molecule has 0 aliphatic carbocycles. The standard InChI is InChI=1S/C15H17BrN2O2S/c1-4-18(3)14(19)11-6-5-7-12(8-11)20-9-13-10(2)17-15(16)21-13/h5-8H,4,9H2,1-3H3. The lowest BCUT2D eigenvalue weighted by Crippen LogP contribution is -2.26. The third-order valence-electron chi connectivity index (χ3n) is 3.14. The molecule has 0 radical (unpaired) electrons. The van der Waals surface area contributed by atoms with Gasteiger partial charge in [-0.25, -0.2) is 4.98 Å². The molecule has 0 aliphatic heterocycles. The topological polar surface area (TPSA) is 42.4 Å². The van der Waals surface area contributed by atoms with E-state index in [4.69, 9.17) is 4.74 Å². The van der Waals surface area contributed by atoms with E-state index in [2.05, 4.69) is 20.9 Å². The maximum absolute atomic E-state index is 12.1. The Balaban J connectivity index is 2.08. The van der Waals surface area contributed by atoms with Crippen LogP contribution in [0.2, 0.25) is 0 Å². The fourth-order valence-corrected chi connectivity index (χ4v) is 3.31. The summed E-state index contributed by atoms with van der Waals surface area (Å²) in [5.74, 6) is 0.689. The van der Waals surface area contributed by atoms with Crippen molar-refractivity contribution in [3.63, 3.8) is 0 Å². The van der Waals surface area contributed by atoms with Crippen LogP contribution in [0.5, 0.6) is 5.75 Å². The molecule has 0 bridgehead atoms. The van der Waals surface area contributed by atoms with Gasteiger partial charge in [0.15, 0.2) is 3.92 Å². The van der Waals surface area contributed by atoms with Crippen molar-refractivity contribution in [3.05, 3.63) is 44.3 Å². The number of halogens is 1. The number of hydrogen-bond donors (Lipinski definition) is 0. The van der Waals surface area contributed by atoms with Crippen molar-refractivity contribution in [3.8, 4) is 5.75 Å². The molecule has 1 amide bonds. The molecule has 0 saturated carbocycles. The zero-order chi connectivity index (χ0) is 15.4. The second kappa shape index (κ2) is 7.04. The Hall–Kier alpha value is -1.40. The van der Waals surface area contributed by atoms with E-state index in [1.165, 1.54) is 0 Å². The second-order valence-electron chi connectivity index (χ2n) is 4.61. The Labute approximate surface area is 136 Å². The van der Waals surface area contributed by atoms with Gasteiger partial charge in [-0.05, 0) is 48.0 Å². The number of carbonyl (C=O) groups is 1. The molecular formula is C15H17BrN2O2S. The number of hydrogen-bond acceptors (Lipinski definition) is 4. The molecular weight excluding hydrogens is 352 g/mol. The third-order valence-corrected chi connectivity index (χ3v) is 4.72. The summed E-state index contributed by atoms with van der Waals surface area (Å²) in [6.45, 7) is 5.03. The average Bonchev–Trinajstić information content (AvgIpc) is 2.81. The van der Waals surface area contributed by atoms with Gasteiger partial charge in [0.1, 0.15) is 12.4 Å². The van der Waals surface area contributed by atoms with Crippen molar-refractivity contribution in [2.24, 2.45) is 0 Å². The summed E-state index contributed by atoms with van der Waals surface area (Å²) in [7, 11) is 1.79. The Bertz CT molecular complexity index is 642. The van der Waals surface area contributed by atoms with Crippen LogP contribution in [0.15, 0.2) is 28.2 Å². The lowest BCUT2D eigenvalue weighted by Gasteiger charge is -2.15. The Morgan fingerprint density at radius 3 is 2.86 bits per heavy atom. The first-order valence-electron chi connectivity index (χ1n) is 6.61. The van der Waals surface area contributed by atoms with Crippen LogP contribution in [-0.2, 0) is 6.61 Å². The van der Waals surface area contributed by atoms with Gasteiger partial charge >= 0.3 is 0 Å². The molecule has 112 valence electrons. The summed E-state index contributed by atoms with van der Waals surface area (Å²) in [5, 5.41) is 0. The van der Waals surface area contributed by atoms with Gasteiger partial charge in [-0.1, -0.05) is 6.07 Å².